The van der Waals surface area contributed by atoms with Crippen LogP contribution in [0.3, 0.4) is 0 Å². The largest absolute Gasteiger partial charge is 0.386 e. The number of hydrogen-bond acceptors (Lipinski definition) is 4. The summed E-state index contributed by atoms with van der Waals surface area (Å²) in [6.07, 6.45) is 0. The minimum atomic E-state index is -0.791. The minimum Gasteiger partial charge on any atom is -0.386 e. The molecule has 0 amide bonds. The number of carbonyl (C=O) groups is 3. The standard InChI is InChI=1S/C22H16O4/c1-15-12-13-18(14-19(15)20(23)16-8-4-2-5-9-16)22(25)26-21(24)17-10-6-3-7-11-17/h2-14H,1H3. The molecule has 4 nitrogen and oxygen atoms in total. The Morgan fingerprint density at radius 1 is 0.654 bits per heavy atom. The van der Waals surface area contributed by atoms with Gasteiger partial charge in [0, 0.05) is 11.1 Å². The molecule has 0 bridgehead atoms. The van der Waals surface area contributed by atoms with Gasteiger partial charge in [0.1, 0.15) is 0 Å². The summed E-state index contributed by atoms with van der Waals surface area (Å²) in [5.41, 5.74) is 2.11. The van der Waals surface area contributed by atoms with Crippen molar-refractivity contribution in [2.45, 2.75) is 6.92 Å². The molecule has 0 heterocycles. The van der Waals surface area contributed by atoms with E-state index >= 15 is 0 Å². The number of hydrogen-bond donors (Lipinski definition) is 0. The van der Waals surface area contributed by atoms with Crippen molar-refractivity contribution in [3.8, 4) is 0 Å². The molecule has 128 valence electrons. The number of ether oxygens (including phenoxy) is 1. The maximum atomic E-state index is 12.7. The SMILES string of the molecule is Cc1ccc(C(=O)OC(=O)c2ccccc2)cc1C(=O)c1ccccc1. The van der Waals surface area contributed by atoms with Crippen LogP contribution < -0.4 is 0 Å². The lowest BCUT2D eigenvalue weighted by Crippen LogP contribution is -2.14. The van der Waals surface area contributed by atoms with Crippen LogP contribution in [-0.2, 0) is 4.74 Å². The van der Waals surface area contributed by atoms with Crippen molar-refractivity contribution in [3.05, 3.63) is 107 Å². The Morgan fingerprint density at radius 3 is 1.81 bits per heavy atom. The molecule has 0 fully saturated rings. The third-order valence-electron chi connectivity index (χ3n) is 3.95. The molecule has 0 aliphatic rings. The summed E-state index contributed by atoms with van der Waals surface area (Å²) in [7, 11) is 0. The highest BCUT2D eigenvalue weighted by molar-refractivity contribution is 6.11. The Labute approximate surface area is 151 Å². The van der Waals surface area contributed by atoms with Gasteiger partial charge >= 0.3 is 11.9 Å². The summed E-state index contributed by atoms with van der Waals surface area (Å²) < 4.78 is 4.91. The molecule has 0 unspecified atom stereocenters. The number of rotatable bonds is 4. The van der Waals surface area contributed by atoms with Gasteiger partial charge in [-0.1, -0.05) is 54.6 Å². The topological polar surface area (TPSA) is 60.4 Å². The van der Waals surface area contributed by atoms with Crippen LogP contribution in [0.15, 0.2) is 78.9 Å². The molecule has 0 aliphatic carbocycles. The first-order chi connectivity index (χ1) is 12.6. The lowest BCUT2D eigenvalue weighted by Gasteiger charge is -2.08. The molecule has 3 rings (SSSR count). The van der Waals surface area contributed by atoms with Gasteiger partial charge < -0.3 is 4.74 Å². The summed E-state index contributed by atoms with van der Waals surface area (Å²) >= 11 is 0. The van der Waals surface area contributed by atoms with Crippen molar-refractivity contribution < 1.29 is 19.1 Å². The average molecular weight is 344 g/mol. The monoisotopic (exact) mass is 344 g/mol. The molecule has 0 spiro atoms. The molecule has 3 aromatic rings. The summed E-state index contributed by atoms with van der Waals surface area (Å²) in [5.74, 6) is -1.71. The highest BCUT2D eigenvalue weighted by Gasteiger charge is 2.18. The second kappa shape index (κ2) is 7.57. The van der Waals surface area contributed by atoms with Gasteiger partial charge in [0.2, 0.25) is 0 Å². The molecule has 0 saturated carbocycles. The van der Waals surface area contributed by atoms with E-state index in [-0.39, 0.29) is 16.9 Å². The van der Waals surface area contributed by atoms with Crippen LogP contribution in [-0.4, -0.2) is 17.7 Å². The summed E-state index contributed by atoms with van der Waals surface area (Å²) in [6, 6.07) is 21.7. The number of carbonyl (C=O) groups excluding carboxylic acids is 3. The first-order valence-electron chi connectivity index (χ1n) is 8.08. The predicted octanol–water partition coefficient (Wildman–Crippen LogP) is 4.22. The Bertz CT molecular complexity index is 960. The van der Waals surface area contributed by atoms with Crippen molar-refractivity contribution in [1.29, 1.82) is 0 Å². The fourth-order valence-electron chi connectivity index (χ4n) is 2.51. The molecule has 4 heteroatoms. The smallest absolute Gasteiger partial charge is 0.346 e. The van der Waals surface area contributed by atoms with Crippen LogP contribution in [0.25, 0.3) is 0 Å². The lowest BCUT2D eigenvalue weighted by molar-refractivity contribution is 0.0397. The van der Waals surface area contributed by atoms with E-state index in [9.17, 15) is 14.4 Å². The number of aryl methyl sites for hydroxylation is 1. The van der Waals surface area contributed by atoms with Gasteiger partial charge in [0.15, 0.2) is 5.78 Å². The van der Waals surface area contributed by atoms with Crippen molar-refractivity contribution in [1.82, 2.24) is 0 Å². The number of esters is 2. The molecule has 0 atom stereocenters. The van der Waals surface area contributed by atoms with Gasteiger partial charge in [-0.25, -0.2) is 9.59 Å². The van der Waals surface area contributed by atoms with Crippen molar-refractivity contribution >= 4 is 17.7 Å². The Morgan fingerprint density at radius 2 is 1.19 bits per heavy atom. The van der Waals surface area contributed by atoms with Gasteiger partial charge in [-0.05, 0) is 36.8 Å². The number of ketones is 1. The third kappa shape index (κ3) is 3.75. The maximum Gasteiger partial charge on any atom is 0.346 e. The second-order valence-electron chi connectivity index (χ2n) is 5.77. The first kappa shape index (κ1) is 17.3. The summed E-state index contributed by atoms with van der Waals surface area (Å²) in [6.45, 7) is 1.79. The van der Waals surface area contributed by atoms with Crippen molar-refractivity contribution in [2.75, 3.05) is 0 Å². The van der Waals surface area contributed by atoms with Crippen LogP contribution in [0.5, 0.6) is 0 Å². The zero-order valence-corrected chi connectivity index (χ0v) is 14.1. The number of benzene rings is 3. The predicted molar refractivity (Wildman–Crippen MR) is 97.2 cm³/mol. The minimum absolute atomic E-state index is 0.152. The summed E-state index contributed by atoms with van der Waals surface area (Å²) in [4.78, 5) is 37.0. The van der Waals surface area contributed by atoms with Crippen LogP contribution in [0.4, 0.5) is 0 Å². The maximum absolute atomic E-state index is 12.7. The highest BCUT2D eigenvalue weighted by Crippen LogP contribution is 2.17. The van der Waals surface area contributed by atoms with Gasteiger partial charge in [-0.15, -0.1) is 0 Å². The Balaban J connectivity index is 1.84. The fraction of sp³-hybridized carbons (Fsp3) is 0.0455. The van der Waals surface area contributed by atoms with Gasteiger partial charge in [0.05, 0.1) is 11.1 Å². The molecule has 3 aromatic carbocycles. The van der Waals surface area contributed by atoms with Crippen LogP contribution in [0.1, 0.15) is 42.2 Å². The molecule has 26 heavy (non-hydrogen) atoms. The van der Waals surface area contributed by atoms with Crippen molar-refractivity contribution in [3.63, 3.8) is 0 Å². The van der Waals surface area contributed by atoms with E-state index in [0.29, 0.717) is 11.1 Å². The van der Waals surface area contributed by atoms with E-state index in [1.54, 1.807) is 67.6 Å². The van der Waals surface area contributed by atoms with Crippen LogP contribution in [0.2, 0.25) is 0 Å². The summed E-state index contributed by atoms with van der Waals surface area (Å²) in [5, 5.41) is 0. The molecule has 0 aliphatic heterocycles. The highest BCUT2D eigenvalue weighted by atomic mass is 16.6. The molecular formula is C22H16O4. The van der Waals surface area contributed by atoms with E-state index in [2.05, 4.69) is 0 Å². The molecule has 0 radical (unpaired) electrons. The van der Waals surface area contributed by atoms with E-state index in [1.165, 1.54) is 12.1 Å². The van der Waals surface area contributed by atoms with Crippen LogP contribution >= 0.6 is 0 Å². The lowest BCUT2D eigenvalue weighted by atomic mass is 9.97. The van der Waals surface area contributed by atoms with E-state index in [0.717, 1.165) is 5.56 Å². The van der Waals surface area contributed by atoms with Crippen molar-refractivity contribution in [2.24, 2.45) is 0 Å². The average Bonchev–Trinajstić information content (AvgIpc) is 2.69. The molecule has 0 saturated heterocycles. The first-order valence-corrected chi connectivity index (χ1v) is 8.08. The molecule has 0 aromatic heterocycles. The van der Waals surface area contributed by atoms with Gasteiger partial charge in [0.25, 0.3) is 0 Å². The van der Waals surface area contributed by atoms with E-state index in [1.807, 2.05) is 6.07 Å². The third-order valence-corrected chi connectivity index (χ3v) is 3.95. The molecule has 0 N–H and O–H groups in total. The van der Waals surface area contributed by atoms with Gasteiger partial charge in [-0.3, -0.25) is 4.79 Å². The molecular weight excluding hydrogens is 328 g/mol. The zero-order valence-electron chi connectivity index (χ0n) is 14.1. The fourth-order valence-corrected chi connectivity index (χ4v) is 2.51. The van der Waals surface area contributed by atoms with Gasteiger partial charge in [-0.2, -0.15) is 0 Å². The second-order valence-corrected chi connectivity index (χ2v) is 5.77. The Kier molecular flexibility index (Phi) is 5.04. The Hall–Kier alpha value is -3.53. The van der Waals surface area contributed by atoms with Crippen LogP contribution in [0, 0.1) is 6.92 Å². The normalized spacial score (nSPS) is 10.2. The van der Waals surface area contributed by atoms with E-state index < -0.39 is 11.9 Å². The zero-order chi connectivity index (χ0) is 18.5. The van der Waals surface area contributed by atoms with E-state index in [4.69, 9.17) is 4.74 Å². The quantitative estimate of drug-likeness (QED) is 0.404.